The predicted octanol–water partition coefficient (Wildman–Crippen LogP) is 2.39. The molecule has 1 amide bonds. The summed E-state index contributed by atoms with van der Waals surface area (Å²) >= 11 is 6.10. The number of ether oxygens (including phenoxy) is 1. The van der Waals surface area contributed by atoms with Crippen molar-refractivity contribution < 1.29 is 19.4 Å². The van der Waals surface area contributed by atoms with Crippen LogP contribution in [0.25, 0.3) is 10.9 Å². The Hall–Kier alpha value is -2.34. The Morgan fingerprint density at radius 1 is 1.35 bits per heavy atom. The molecule has 1 aromatic heterocycles. The number of hydrogen-bond acceptors (Lipinski definition) is 4. The molecule has 0 atom stereocenters. The van der Waals surface area contributed by atoms with Gasteiger partial charge in [0.05, 0.1) is 5.02 Å². The van der Waals surface area contributed by atoms with Gasteiger partial charge in [0.25, 0.3) is 5.91 Å². The molecule has 1 saturated carbocycles. The average molecular weight is 335 g/mol. The van der Waals surface area contributed by atoms with E-state index in [2.05, 4.69) is 10.3 Å². The van der Waals surface area contributed by atoms with E-state index in [1.807, 2.05) is 6.07 Å². The number of carbonyl (C=O) groups is 2. The number of halogens is 1. The Kier molecular flexibility index (Phi) is 4.09. The number of aromatic nitrogens is 1. The van der Waals surface area contributed by atoms with Crippen LogP contribution in [0.15, 0.2) is 30.5 Å². The highest BCUT2D eigenvalue weighted by atomic mass is 35.5. The lowest BCUT2D eigenvalue weighted by molar-refractivity contribution is -0.152. The van der Waals surface area contributed by atoms with Gasteiger partial charge < -0.3 is 15.2 Å². The van der Waals surface area contributed by atoms with Crippen molar-refractivity contribution in [2.75, 3.05) is 6.61 Å². The number of aliphatic carboxylic acids is 1. The summed E-state index contributed by atoms with van der Waals surface area (Å²) < 4.78 is 5.50. The first kappa shape index (κ1) is 15.6. The molecule has 1 heterocycles. The highest BCUT2D eigenvalue weighted by Gasteiger charge is 2.45. The molecule has 3 rings (SSSR count). The summed E-state index contributed by atoms with van der Waals surface area (Å²) in [5.74, 6) is -1.04. The van der Waals surface area contributed by atoms with Crippen molar-refractivity contribution in [2.45, 2.75) is 24.8 Å². The monoisotopic (exact) mass is 334 g/mol. The van der Waals surface area contributed by atoms with Crippen molar-refractivity contribution in [3.63, 3.8) is 0 Å². The number of benzene rings is 1. The maximum Gasteiger partial charge on any atom is 0.329 e. The zero-order valence-electron chi connectivity index (χ0n) is 12.2. The fourth-order valence-electron chi connectivity index (χ4n) is 2.60. The van der Waals surface area contributed by atoms with Crippen LogP contribution in [-0.2, 0) is 9.59 Å². The van der Waals surface area contributed by atoms with Crippen LogP contribution in [0.5, 0.6) is 5.75 Å². The van der Waals surface area contributed by atoms with Crippen LogP contribution in [0, 0.1) is 0 Å². The van der Waals surface area contributed by atoms with Crippen LogP contribution in [0.4, 0.5) is 0 Å². The van der Waals surface area contributed by atoms with Gasteiger partial charge in [0.1, 0.15) is 16.8 Å². The standard InChI is InChI=1S/C16H15ClN2O4/c17-11-4-5-12(14-10(11)3-1-8-18-14)23-9-13(20)19-16(15(21)22)6-2-7-16/h1,3-5,8H,2,6-7,9H2,(H,19,20)(H,21,22). The number of amides is 1. The van der Waals surface area contributed by atoms with Crippen molar-refractivity contribution >= 4 is 34.4 Å². The SMILES string of the molecule is O=C(COc1ccc(Cl)c2cccnc12)NC1(C(=O)O)CCC1. The van der Waals surface area contributed by atoms with Crippen molar-refractivity contribution in [1.82, 2.24) is 10.3 Å². The van der Waals surface area contributed by atoms with Gasteiger partial charge in [-0.05, 0) is 43.5 Å². The second kappa shape index (κ2) is 6.04. The van der Waals surface area contributed by atoms with Crippen molar-refractivity contribution in [3.8, 4) is 5.75 Å². The van der Waals surface area contributed by atoms with Crippen LogP contribution < -0.4 is 10.1 Å². The number of hydrogen-bond donors (Lipinski definition) is 2. The first-order valence-electron chi connectivity index (χ1n) is 7.22. The quantitative estimate of drug-likeness (QED) is 0.876. The number of carboxylic acids is 1. The first-order chi connectivity index (χ1) is 11.0. The number of nitrogens with one attached hydrogen (secondary N) is 1. The minimum absolute atomic E-state index is 0.275. The van der Waals surface area contributed by atoms with Gasteiger partial charge in [0.15, 0.2) is 6.61 Å². The zero-order valence-corrected chi connectivity index (χ0v) is 13.0. The highest BCUT2D eigenvalue weighted by molar-refractivity contribution is 6.35. The molecule has 1 fully saturated rings. The summed E-state index contributed by atoms with van der Waals surface area (Å²) in [6, 6.07) is 6.88. The summed E-state index contributed by atoms with van der Waals surface area (Å²) in [5, 5.41) is 13.0. The molecular formula is C16H15ClN2O4. The molecule has 7 heteroatoms. The Labute approximate surface area is 137 Å². The second-order valence-corrected chi connectivity index (χ2v) is 5.93. The summed E-state index contributed by atoms with van der Waals surface area (Å²) in [6.07, 6.45) is 3.29. The van der Waals surface area contributed by atoms with E-state index >= 15 is 0 Å². The van der Waals surface area contributed by atoms with Crippen LogP contribution in [0.3, 0.4) is 0 Å². The summed E-state index contributed by atoms with van der Waals surface area (Å²) in [6.45, 7) is -0.275. The van der Waals surface area contributed by atoms with E-state index in [1.54, 1.807) is 24.4 Å². The molecule has 0 aliphatic heterocycles. The molecule has 2 aromatic rings. The van der Waals surface area contributed by atoms with Crippen molar-refractivity contribution in [2.24, 2.45) is 0 Å². The fourth-order valence-corrected chi connectivity index (χ4v) is 2.81. The van der Waals surface area contributed by atoms with E-state index in [-0.39, 0.29) is 6.61 Å². The molecule has 1 aromatic carbocycles. The lowest BCUT2D eigenvalue weighted by Gasteiger charge is -2.38. The molecule has 0 bridgehead atoms. The Balaban J connectivity index is 1.70. The smallest absolute Gasteiger partial charge is 0.329 e. The van der Waals surface area contributed by atoms with Crippen LogP contribution >= 0.6 is 11.6 Å². The number of pyridine rings is 1. The van der Waals surface area contributed by atoms with E-state index in [0.717, 1.165) is 11.8 Å². The van der Waals surface area contributed by atoms with E-state index in [4.69, 9.17) is 16.3 Å². The van der Waals surface area contributed by atoms with Crippen molar-refractivity contribution in [3.05, 3.63) is 35.5 Å². The molecule has 1 aliphatic carbocycles. The molecule has 1 aliphatic rings. The average Bonchev–Trinajstić information content (AvgIpc) is 2.50. The van der Waals surface area contributed by atoms with E-state index < -0.39 is 17.4 Å². The molecule has 23 heavy (non-hydrogen) atoms. The van der Waals surface area contributed by atoms with Gasteiger partial charge in [0, 0.05) is 11.6 Å². The Morgan fingerprint density at radius 3 is 2.78 bits per heavy atom. The number of rotatable bonds is 5. The van der Waals surface area contributed by atoms with Gasteiger partial charge >= 0.3 is 5.97 Å². The Bertz CT molecular complexity index is 774. The number of carbonyl (C=O) groups excluding carboxylic acids is 1. The number of carboxylic acid groups (broad SMARTS) is 1. The molecule has 0 unspecified atom stereocenters. The third kappa shape index (κ3) is 2.94. The second-order valence-electron chi connectivity index (χ2n) is 5.52. The van der Waals surface area contributed by atoms with Crippen LogP contribution in [0.2, 0.25) is 5.02 Å². The van der Waals surface area contributed by atoms with Gasteiger partial charge in [-0.1, -0.05) is 11.6 Å². The third-order valence-corrected chi connectivity index (χ3v) is 4.36. The van der Waals surface area contributed by atoms with E-state index in [0.29, 0.717) is 29.1 Å². The van der Waals surface area contributed by atoms with Crippen molar-refractivity contribution in [1.29, 1.82) is 0 Å². The van der Waals surface area contributed by atoms with E-state index in [1.165, 1.54) is 0 Å². The van der Waals surface area contributed by atoms with E-state index in [9.17, 15) is 14.7 Å². The topological polar surface area (TPSA) is 88.5 Å². The lowest BCUT2D eigenvalue weighted by atomic mass is 9.77. The Morgan fingerprint density at radius 2 is 2.13 bits per heavy atom. The van der Waals surface area contributed by atoms with Gasteiger partial charge in [-0.25, -0.2) is 4.79 Å². The molecule has 2 N–H and O–H groups in total. The largest absolute Gasteiger partial charge is 0.481 e. The van der Waals surface area contributed by atoms with Gasteiger partial charge in [-0.15, -0.1) is 0 Å². The summed E-state index contributed by atoms with van der Waals surface area (Å²) in [4.78, 5) is 27.4. The maximum absolute atomic E-state index is 12.0. The summed E-state index contributed by atoms with van der Waals surface area (Å²) in [7, 11) is 0. The summed E-state index contributed by atoms with van der Waals surface area (Å²) in [5.41, 5.74) is -0.579. The minimum atomic E-state index is -1.14. The van der Waals surface area contributed by atoms with Gasteiger partial charge in [-0.2, -0.15) is 0 Å². The number of nitrogens with zero attached hydrogens (tertiary/aromatic N) is 1. The lowest BCUT2D eigenvalue weighted by Crippen LogP contribution is -2.59. The van der Waals surface area contributed by atoms with Crippen LogP contribution in [0.1, 0.15) is 19.3 Å². The minimum Gasteiger partial charge on any atom is -0.481 e. The maximum atomic E-state index is 12.0. The molecule has 0 spiro atoms. The number of fused-ring (bicyclic) bond motifs is 1. The predicted molar refractivity (Wildman–Crippen MR) is 84.6 cm³/mol. The molecular weight excluding hydrogens is 320 g/mol. The highest BCUT2D eigenvalue weighted by Crippen LogP contribution is 2.32. The normalized spacial score (nSPS) is 15.7. The van der Waals surface area contributed by atoms with Crippen LogP contribution in [-0.4, -0.2) is 34.1 Å². The zero-order chi connectivity index (χ0) is 16.4. The van der Waals surface area contributed by atoms with Gasteiger partial charge in [-0.3, -0.25) is 9.78 Å². The third-order valence-electron chi connectivity index (χ3n) is 4.03. The first-order valence-corrected chi connectivity index (χ1v) is 7.60. The molecule has 0 saturated heterocycles. The molecule has 6 nitrogen and oxygen atoms in total. The molecule has 0 radical (unpaired) electrons. The van der Waals surface area contributed by atoms with Gasteiger partial charge in [0.2, 0.25) is 0 Å². The molecule has 120 valence electrons. The fraction of sp³-hybridized carbons (Fsp3) is 0.312.